The molecule has 0 aromatic heterocycles. The third kappa shape index (κ3) is 8.06. The Morgan fingerprint density at radius 1 is 1.17 bits per heavy atom. The van der Waals surface area contributed by atoms with Crippen molar-refractivity contribution < 1.29 is 9.53 Å². The van der Waals surface area contributed by atoms with Crippen LogP contribution in [0.3, 0.4) is 0 Å². The molecule has 1 unspecified atom stereocenters. The van der Waals surface area contributed by atoms with Crippen molar-refractivity contribution in [3.8, 4) is 0 Å². The van der Waals surface area contributed by atoms with Gasteiger partial charge in [0.1, 0.15) is 6.54 Å². The minimum atomic E-state index is 0. The second-order valence-electron chi connectivity index (χ2n) is 8.42. The summed E-state index contributed by atoms with van der Waals surface area (Å²) in [6, 6.07) is 10.8. The van der Waals surface area contributed by atoms with Gasteiger partial charge in [0.05, 0.1) is 6.10 Å². The molecular formula is C23H37IN4O2. The number of likely N-dealkylation sites (tertiary alicyclic amines) is 1. The Morgan fingerprint density at radius 3 is 2.53 bits per heavy atom. The van der Waals surface area contributed by atoms with Crippen LogP contribution in [-0.4, -0.2) is 74.7 Å². The van der Waals surface area contributed by atoms with Crippen LogP contribution >= 0.6 is 24.0 Å². The largest absolute Gasteiger partial charge is 0.376 e. The first-order valence-corrected chi connectivity index (χ1v) is 11.0. The SMILES string of the molecule is CN(C)C(=O)CN=C(NCC1CCCCO1)N1CCC(Cc2ccccc2)CC1.I. The predicted molar refractivity (Wildman–Crippen MR) is 132 cm³/mol. The number of nitrogens with zero attached hydrogens (tertiary/aromatic N) is 3. The van der Waals surface area contributed by atoms with Gasteiger partial charge in [0.25, 0.3) is 0 Å². The van der Waals surface area contributed by atoms with Crippen LogP contribution in [0, 0.1) is 5.92 Å². The number of hydrogen-bond donors (Lipinski definition) is 1. The van der Waals surface area contributed by atoms with Gasteiger partial charge in [-0.25, -0.2) is 4.99 Å². The lowest BCUT2D eigenvalue weighted by Crippen LogP contribution is -2.48. The molecule has 3 rings (SSSR count). The fraction of sp³-hybridized carbons (Fsp3) is 0.652. The zero-order valence-corrected chi connectivity index (χ0v) is 20.7. The lowest BCUT2D eigenvalue weighted by Gasteiger charge is -2.35. The van der Waals surface area contributed by atoms with E-state index in [-0.39, 0.29) is 42.5 Å². The van der Waals surface area contributed by atoms with Crippen molar-refractivity contribution >= 4 is 35.8 Å². The van der Waals surface area contributed by atoms with Gasteiger partial charge >= 0.3 is 0 Å². The standard InChI is InChI=1S/C23H36N4O2.HI/c1-26(2)22(28)18-25-23(24-17-21-10-6-7-15-29-21)27-13-11-20(12-14-27)16-19-8-4-3-5-9-19;/h3-5,8-9,20-21H,6-7,10-18H2,1-2H3,(H,24,25);1H. The summed E-state index contributed by atoms with van der Waals surface area (Å²) in [5.41, 5.74) is 1.42. The second kappa shape index (κ2) is 13.1. The quantitative estimate of drug-likeness (QED) is 0.350. The number of hydrogen-bond acceptors (Lipinski definition) is 3. The van der Waals surface area contributed by atoms with E-state index in [1.54, 1.807) is 19.0 Å². The maximum Gasteiger partial charge on any atom is 0.243 e. The summed E-state index contributed by atoms with van der Waals surface area (Å²) in [6.07, 6.45) is 7.16. The number of guanidine groups is 1. The number of benzene rings is 1. The summed E-state index contributed by atoms with van der Waals surface area (Å²) in [7, 11) is 3.55. The van der Waals surface area contributed by atoms with E-state index in [0.717, 1.165) is 64.3 Å². The van der Waals surface area contributed by atoms with Gasteiger partial charge in [0.15, 0.2) is 5.96 Å². The number of likely N-dealkylation sites (N-methyl/N-ethyl adjacent to an activating group) is 1. The van der Waals surface area contributed by atoms with Crippen LogP contribution < -0.4 is 5.32 Å². The molecule has 0 aliphatic carbocycles. The molecule has 2 fully saturated rings. The molecule has 2 heterocycles. The Bertz CT molecular complexity index is 654. The molecule has 0 bridgehead atoms. The molecule has 2 aliphatic rings. The molecule has 1 atom stereocenters. The molecule has 2 aliphatic heterocycles. The smallest absolute Gasteiger partial charge is 0.243 e. The Morgan fingerprint density at radius 2 is 1.90 bits per heavy atom. The van der Waals surface area contributed by atoms with Gasteiger partial charge in [0, 0.05) is 40.3 Å². The zero-order chi connectivity index (χ0) is 20.5. The van der Waals surface area contributed by atoms with Gasteiger partial charge in [-0.3, -0.25) is 4.79 Å². The van der Waals surface area contributed by atoms with E-state index in [1.165, 1.54) is 12.0 Å². The molecule has 7 heteroatoms. The van der Waals surface area contributed by atoms with Gasteiger partial charge in [0.2, 0.25) is 5.91 Å². The lowest BCUT2D eigenvalue weighted by molar-refractivity contribution is -0.127. The van der Waals surface area contributed by atoms with E-state index in [1.807, 2.05) is 0 Å². The number of carbonyl (C=O) groups is 1. The fourth-order valence-corrected chi connectivity index (χ4v) is 4.02. The van der Waals surface area contributed by atoms with E-state index in [2.05, 4.69) is 45.5 Å². The van der Waals surface area contributed by atoms with Crippen molar-refractivity contribution in [1.29, 1.82) is 0 Å². The van der Waals surface area contributed by atoms with Crippen molar-refractivity contribution in [2.75, 3.05) is 46.9 Å². The van der Waals surface area contributed by atoms with Crippen LogP contribution in [0.1, 0.15) is 37.7 Å². The van der Waals surface area contributed by atoms with Crippen LogP contribution in [0.4, 0.5) is 0 Å². The third-order valence-corrected chi connectivity index (χ3v) is 5.91. The summed E-state index contributed by atoms with van der Waals surface area (Å²) in [5.74, 6) is 1.59. The Hall–Kier alpha value is -1.35. The minimum Gasteiger partial charge on any atom is -0.376 e. The van der Waals surface area contributed by atoms with Gasteiger partial charge in [-0.2, -0.15) is 0 Å². The number of halogens is 1. The summed E-state index contributed by atoms with van der Waals surface area (Å²) in [6.45, 7) is 3.75. The summed E-state index contributed by atoms with van der Waals surface area (Å²) < 4.78 is 5.85. The maximum atomic E-state index is 12.0. The molecule has 2 saturated heterocycles. The van der Waals surface area contributed by atoms with E-state index >= 15 is 0 Å². The lowest BCUT2D eigenvalue weighted by atomic mass is 9.90. The average molecular weight is 528 g/mol. The molecule has 6 nitrogen and oxygen atoms in total. The summed E-state index contributed by atoms with van der Waals surface area (Å²) in [4.78, 5) is 20.6. The normalized spacial score (nSPS) is 20.4. The van der Waals surface area contributed by atoms with E-state index in [0.29, 0.717) is 5.92 Å². The molecule has 168 valence electrons. The van der Waals surface area contributed by atoms with Crippen molar-refractivity contribution in [2.45, 2.75) is 44.6 Å². The molecule has 1 N–H and O–H groups in total. The van der Waals surface area contributed by atoms with Crippen LogP contribution in [0.25, 0.3) is 0 Å². The molecule has 1 aromatic rings. The van der Waals surface area contributed by atoms with Crippen molar-refractivity contribution in [3.05, 3.63) is 35.9 Å². The molecule has 0 saturated carbocycles. The van der Waals surface area contributed by atoms with Crippen molar-refractivity contribution in [3.63, 3.8) is 0 Å². The Kier molecular flexibility index (Phi) is 10.9. The van der Waals surface area contributed by atoms with Crippen molar-refractivity contribution in [2.24, 2.45) is 10.9 Å². The molecule has 0 spiro atoms. The van der Waals surface area contributed by atoms with Gasteiger partial charge in [-0.1, -0.05) is 30.3 Å². The first kappa shape index (κ1) is 24.9. The van der Waals surface area contributed by atoms with E-state index < -0.39 is 0 Å². The molecule has 30 heavy (non-hydrogen) atoms. The number of ether oxygens (including phenoxy) is 1. The molecule has 0 radical (unpaired) electrons. The number of nitrogens with one attached hydrogen (secondary N) is 1. The van der Waals surface area contributed by atoms with Crippen LogP contribution in [0.5, 0.6) is 0 Å². The topological polar surface area (TPSA) is 57.2 Å². The van der Waals surface area contributed by atoms with E-state index in [4.69, 9.17) is 4.74 Å². The van der Waals surface area contributed by atoms with Crippen LogP contribution in [-0.2, 0) is 16.0 Å². The first-order valence-electron chi connectivity index (χ1n) is 11.0. The van der Waals surface area contributed by atoms with Gasteiger partial charge in [-0.15, -0.1) is 24.0 Å². The van der Waals surface area contributed by atoms with Gasteiger partial charge < -0.3 is 19.9 Å². The van der Waals surface area contributed by atoms with Gasteiger partial charge in [-0.05, 0) is 50.0 Å². The number of aliphatic imine (C=N–C) groups is 1. The first-order chi connectivity index (χ1) is 14.1. The highest BCUT2D eigenvalue weighted by atomic mass is 127. The highest BCUT2D eigenvalue weighted by molar-refractivity contribution is 14.0. The van der Waals surface area contributed by atoms with E-state index in [9.17, 15) is 4.79 Å². The zero-order valence-electron chi connectivity index (χ0n) is 18.4. The summed E-state index contributed by atoms with van der Waals surface area (Å²) in [5, 5.41) is 3.50. The fourth-order valence-electron chi connectivity index (χ4n) is 4.02. The van der Waals surface area contributed by atoms with Crippen LogP contribution in [0.15, 0.2) is 35.3 Å². The minimum absolute atomic E-state index is 0. The predicted octanol–water partition coefficient (Wildman–Crippen LogP) is 3.16. The van der Waals surface area contributed by atoms with Crippen LogP contribution in [0.2, 0.25) is 0 Å². The maximum absolute atomic E-state index is 12.0. The highest BCUT2D eigenvalue weighted by Gasteiger charge is 2.23. The number of amides is 1. The average Bonchev–Trinajstić information content (AvgIpc) is 2.76. The number of carbonyl (C=O) groups excluding carboxylic acids is 1. The molecule has 1 amide bonds. The molecule has 1 aromatic carbocycles. The Labute approximate surface area is 198 Å². The summed E-state index contributed by atoms with van der Waals surface area (Å²) >= 11 is 0. The second-order valence-corrected chi connectivity index (χ2v) is 8.42. The Balaban J connectivity index is 0.00000320. The molecular weight excluding hydrogens is 491 g/mol. The third-order valence-electron chi connectivity index (χ3n) is 5.91. The number of rotatable bonds is 6. The highest BCUT2D eigenvalue weighted by Crippen LogP contribution is 2.22. The van der Waals surface area contributed by atoms with Crippen molar-refractivity contribution in [1.82, 2.24) is 15.1 Å². The number of piperidine rings is 1. The monoisotopic (exact) mass is 528 g/mol.